The van der Waals surface area contributed by atoms with E-state index in [1.165, 1.54) is 30.4 Å². The highest BCUT2D eigenvalue weighted by Gasteiger charge is 2.38. The van der Waals surface area contributed by atoms with Gasteiger partial charge in [0.25, 0.3) is 0 Å². The first-order chi connectivity index (χ1) is 8.87. The molecule has 1 aliphatic carbocycles. The molecule has 2 nitrogen and oxygen atoms in total. The number of hydrogen-bond donors (Lipinski definition) is 1. The lowest BCUT2D eigenvalue weighted by Crippen LogP contribution is -2.43. The van der Waals surface area contributed by atoms with Crippen LogP contribution < -0.4 is 5.73 Å². The Balaban J connectivity index is 2.10. The summed E-state index contributed by atoms with van der Waals surface area (Å²) in [5.41, 5.74) is 9.38. The molecule has 2 rings (SSSR count). The molecule has 0 aliphatic heterocycles. The SMILES string of the molecule is CCC(C)(C)C1CCC(N)(c2cncc(C)c2)CC1. The maximum Gasteiger partial charge on any atom is 0.0425 e. The first-order valence-corrected chi connectivity index (χ1v) is 7.58. The summed E-state index contributed by atoms with van der Waals surface area (Å²) in [4.78, 5) is 4.31. The third kappa shape index (κ3) is 3.00. The minimum absolute atomic E-state index is 0.153. The lowest BCUT2D eigenvalue weighted by atomic mass is 9.64. The smallest absolute Gasteiger partial charge is 0.0425 e. The molecular formula is C17H28N2. The van der Waals surface area contributed by atoms with Gasteiger partial charge in [0.05, 0.1) is 0 Å². The number of nitrogens with two attached hydrogens (primary N) is 1. The fraction of sp³-hybridized carbons (Fsp3) is 0.706. The second kappa shape index (κ2) is 5.24. The number of aryl methyl sites for hydroxylation is 1. The third-order valence-corrected chi connectivity index (χ3v) is 5.34. The van der Waals surface area contributed by atoms with Crippen LogP contribution in [-0.4, -0.2) is 4.98 Å². The first kappa shape index (κ1) is 14.5. The zero-order chi connectivity index (χ0) is 14.1. The summed E-state index contributed by atoms with van der Waals surface area (Å²) >= 11 is 0. The molecule has 1 aromatic rings. The molecule has 106 valence electrons. The molecule has 0 bridgehead atoms. The van der Waals surface area contributed by atoms with Gasteiger partial charge in [-0.05, 0) is 55.1 Å². The van der Waals surface area contributed by atoms with Gasteiger partial charge in [0.1, 0.15) is 0 Å². The fourth-order valence-corrected chi connectivity index (χ4v) is 3.32. The molecule has 0 saturated heterocycles. The van der Waals surface area contributed by atoms with E-state index < -0.39 is 0 Å². The van der Waals surface area contributed by atoms with Crippen LogP contribution in [0.25, 0.3) is 0 Å². The van der Waals surface area contributed by atoms with E-state index in [0.717, 1.165) is 18.8 Å². The van der Waals surface area contributed by atoms with Crippen molar-refractivity contribution in [2.45, 2.75) is 65.3 Å². The topological polar surface area (TPSA) is 38.9 Å². The largest absolute Gasteiger partial charge is 0.321 e. The predicted octanol–water partition coefficient (Wildman–Crippen LogP) is 4.17. The van der Waals surface area contributed by atoms with Crippen LogP contribution in [0.4, 0.5) is 0 Å². The molecule has 0 unspecified atom stereocenters. The van der Waals surface area contributed by atoms with Gasteiger partial charge in [-0.1, -0.05) is 33.3 Å². The molecule has 1 heterocycles. The lowest BCUT2D eigenvalue weighted by Gasteiger charge is -2.43. The minimum Gasteiger partial charge on any atom is -0.321 e. The van der Waals surface area contributed by atoms with E-state index in [2.05, 4.69) is 38.7 Å². The van der Waals surface area contributed by atoms with Crippen molar-refractivity contribution in [3.8, 4) is 0 Å². The Morgan fingerprint density at radius 1 is 1.32 bits per heavy atom. The van der Waals surface area contributed by atoms with Crippen LogP contribution in [0.15, 0.2) is 18.5 Å². The van der Waals surface area contributed by atoms with E-state index in [1.807, 2.05) is 12.4 Å². The Kier molecular flexibility index (Phi) is 4.00. The van der Waals surface area contributed by atoms with Crippen molar-refractivity contribution in [3.63, 3.8) is 0 Å². The Morgan fingerprint density at radius 3 is 2.47 bits per heavy atom. The van der Waals surface area contributed by atoms with E-state index in [0.29, 0.717) is 5.41 Å². The fourth-order valence-electron chi connectivity index (χ4n) is 3.32. The van der Waals surface area contributed by atoms with Crippen LogP contribution in [0.3, 0.4) is 0 Å². The zero-order valence-electron chi connectivity index (χ0n) is 12.9. The Morgan fingerprint density at radius 2 is 1.95 bits per heavy atom. The molecule has 2 N–H and O–H groups in total. The first-order valence-electron chi connectivity index (χ1n) is 7.58. The van der Waals surface area contributed by atoms with Gasteiger partial charge in [0.15, 0.2) is 0 Å². The highest BCUT2D eigenvalue weighted by Crippen LogP contribution is 2.45. The lowest BCUT2D eigenvalue weighted by molar-refractivity contribution is 0.115. The van der Waals surface area contributed by atoms with Crippen molar-refractivity contribution in [1.82, 2.24) is 4.98 Å². The highest BCUT2D eigenvalue weighted by atomic mass is 14.8. The Labute approximate surface area is 117 Å². The van der Waals surface area contributed by atoms with Crippen molar-refractivity contribution in [2.75, 3.05) is 0 Å². The molecule has 1 aromatic heterocycles. The van der Waals surface area contributed by atoms with Gasteiger partial charge >= 0.3 is 0 Å². The normalized spacial score (nSPS) is 28.4. The molecule has 0 radical (unpaired) electrons. The van der Waals surface area contributed by atoms with Gasteiger partial charge in [-0.25, -0.2) is 0 Å². The second-order valence-electron chi connectivity index (χ2n) is 7.02. The van der Waals surface area contributed by atoms with Gasteiger partial charge in [0, 0.05) is 17.9 Å². The molecule has 0 atom stereocenters. The molecule has 0 spiro atoms. The third-order valence-electron chi connectivity index (χ3n) is 5.34. The van der Waals surface area contributed by atoms with Crippen molar-refractivity contribution < 1.29 is 0 Å². The van der Waals surface area contributed by atoms with Crippen LogP contribution in [0.2, 0.25) is 0 Å². The quantitative estimate of drug-likeness (QED) is 0.886. The van der Waals surface area contributed by atoms with Crippen LogP contribution in [-0.2, 0) is 5.54 Å². The number of pyridine rings is 1. The molecule has 0 amide bonds. The number of nitrogens with zero attached hydrogens (tertiary/aromatic N) is 1. The van der Waals surface area contributed by atoms with E-state index in [4.69, 9.17) is 5.73 Å². The second-order valence-corrected chi connectivity index (χ2v) is 7.02. The predicted molar refractivity (Wildman–Crippen MR) is 80.9 cm³/mol. The molecule has 2 heteroatoms. The average molecular weight is 260 g/mol. The van der Waals surface area contributed by atoms with Crippen molar-refractivity contribution in [2.24, 2.45) is 17.1 Å². The summed E-state index contributed by atoms with van der Waals surface area (Å²) in [5.74, 6) is 0.812. The van der Waals surface area contributed by atoms with Crippen LogP contribution >= 0.6 is 0 Å². The van der Waals surface area contributed by atoms with Crippen molar-refractivity contribution >= 4 is 0 Å². The summed E-state index contributed by atoms with van der Waals surface area (Å²) < 4.78 is 0. The monoisotopic (exact) mass is 260 g/mol. The number of rotatable bonds is 3. The summed E-state index contributed by atoms with van der Waals surface area (Å²) in [6.07, 6.45) is 9.77. The van der Waals surface area contributed by atoms with Crippen LogP contribution in [0, 0.1) is 18.3 Å². The molecule has 19 heavy (non-hydrogen) atoms. The maximum absolute atomic E-state index is 6.66. The summed E-state index contributed by atoms with van der Waals surface area (Å²) in [5, 5.41) is 0. The molecule has 0 aromatic carbocycles. The zero-order valence-corrected chi connectivity index (χ0v) is 12.9. The summed E-state index contributed by atoms with van der Waals surface area (Å²) in [7, 11) is 0. The van der Waals surface area contributed by atoms with E-state index in [-0.39, 0.29) is 5.54 Å². The molecule has 1 aliphatic rings. The van der Waals surface area contributed by atoms with Gasteiger partial charge in [0.2, 0.25) is 0 Å². The number of aromatic nitrogens is 1. The van der Waals surface area contributed by atoms with E-state index >= 15 is 0 Å². The number of hydrogen-bond acceptors (Lipinski definition) is 2. The Hall–Kier alpha value is -0.890. The van der Waals surface area contributed by atoms with Crippen molar-refractivity contribution in [3.05, 3.63) is 29.6 Å². The van der Waals surface area contributed by atoms with Crippen LogP contribution in [0.5, 0.6) is 0 Å². The summed E-state index contributed by atoms with van der Waals surface area (Å²) in [6.45, 7) is 9.19. The maximum atomic E-state index is 6.66. The summed E-state index contributed by atoms with van der Waals surface area (Å²) in [6, 6.07) is 2.21. The van der Waals surface area contributed by atoms with Gasteiger partial charge in [-0.15, -0.1) is 0 Å². The molecular weight excluding hydrogens is 232 g/mol. The standard InChI is InChI=1S/C17H28N2/c1-5-16(3,4)14-6-8-17(18,9-7-14)15-10-13(2)11-19-12-15/h10-12,14H,5-9,18H2,1-4H3. The van der Waals surface area contributed by atoms with Gasteiger partial charge in [-0.3, -0.25) is 4.98 Å². The minimum atomic E-state index is -0.153. The van der Waals surface area contributed by atoms with Crippen molar-refractivity contribution in [1.29, 1.82) is 0 Å². The van der Waals surface area contributed by atoms with Gasteiger partial charge < -0.3 is 5.73 Å². The Bertz CT molecular complexity index is 429. The van der Waals surface area contributed by atoms with Crippen LogP contribution in [0.1, 0.15) is 64.0 Å². The van der Waals surface area contributed by atoms with Gasteiger partial charge in [-0.2, -0.15) is 0 Å². The highest BCUT2D eigenvalue weighted by molar-refractivity contribution is 5.25. The van der Waals surface area contributed by atoms with E-state index in [1.54, 1.807) is 0 Å². The molecule has 1 fully saturated rings. The van der Waals surface area contributed by atoms with E-state index in [9.17, 15) is 0 Å². The average Bonchev–Trinajstić information content (AvgIpc) is 2.39. The molecule has 1 saturated carbocycles.